The summed E-state index contributed by atoms with van der Waals surface area (Å²) in [5.41, 5.74) is 18.1. The second-order valence-corrected chi connectivity index (χ2v) is 12.4. The van der Waals surface area contributed by atoms with Gasteiger partial charge in [0.25, 0.3) is 0 Å². The first kappa shape index (κ1) is 28.1. The molecule has 0 spiro atoms. The highest BCUT2D eigenvalue weighted by Gasteiger charge is 2.16. The lowest BCUT2D eigenvalue weighted by molar-refractivity contribution is 1.09. The molecular formula is C45H33N3. The maximum atomic E-state index is 6.43. The van der Waals surface area contributed by atoms with Crippen molar-refractivity contribution >= 4 is 55.9 Å². The third-order valence-electron chi connectivity index (χ3n) is 9.70. The summed E-state index contributed by atoms with van der Waals surface area (Å²) in [7, 11) is 0. The van der Waals surface area contributed by atoms with Gasteiger partial charge in [-0.15, -0.1) is 0 Å². The second kappa shape index (κ2) is 11.3. The van der Waals surface area contributed by atoms with Gasteiger partial charge >= 0.3 is 0 Å². The molecule has 228 valence electrons. The van der Waals surface area contributed by atoms with Crippen molar-refractivity contribution in [3.63, 3.8) is 0 Å². The van der Waals surface area contributed by atoms with Crippen molar-refractivity contribution in [1.82, 2.24) is 9.13 Å². The summed E-state index contributed by atoms with van der Waals surface area (Å²) in [5, 5.41) is 6.98. The number of fused-ring (bicyclic) bond motifs is 6. The molecule has 0 fully saturated rings. The van der Waals surface area contributed by atoms with E-state index in [0.717, 1.165) is 27.2 Å². The average Bonchev–Trinajstić information content (AvgIpc) is 3.65. The first-order valence-corrected chi connectivity index (χ1v) is 16.4. The smallest absolute Gasteiger partial charge is 0.0541 e. The van der Waals surface area contributed by atoms with E-state index in [-0.39, 0.29) is 0 Å². The van der Waals surface area contributed by atoms with Gasteiger partial charge in [0.2, 0.25) is 0 Å². The van der Waals surface area contributed by atoms with Gasteiger partial charge in [-0.25, -0.2) is 0 Å². The Morgan fingerprint density at radius 3 is 1.60 bits per heavy atom. The van der Waals surface area contributed by atoms with Crippen LogP contribution in [0.3, 0.4) is 0 Å². The highest BCUT2D eigenvalue weighted by atomic mass is 15.0. The van der Waals surface area contributed by atoms with Gasteiger partial charge in [0.1, 0.15) is 0 Å². The molecule has 3 heteroatoms. The van der Waals surface area contributed by atoms with E-state index in [2.05, 4.69) is 167 Å². The molecule has 48 heavy (non-hydrogen) atoms. The summed E-state index contributed by atoms with van der Waals surface area (Å²) in [4.78, 5) is 0. The Kier molecular flexibility index (Phi) is 6.60. The monoisotopic (exact) mass is 615 g/mol. The number of nitrogens with zero attached hydrogens (tertiary/aromatic N) is 2. The van der Waals surface area contributed by atoms with Crippen molar-refractivity contribution in [3.05, 3.63) is 174 Å². The molecule has 9 rings (SSSR count). The van der Waals surface area contributed by atoms with Crippen LogP contribution in [0.4, 0.5) is 0 Å². The molecule has 2 heterocycles. The fourth-order valence-electron chi connectivity index (χ4n) is 7.43. The van der Waals surface area contributed by atoms with Crippen molar-refractivity contribution in [2.24, 2.45) is 5.73 Å². The van der Waals surface area contributed by atoms with E-state index in [0.29, 0.717) is 6.54 Å². The van der Waals surface area contributed by atoms with Crippen LogP contribution in [0.5, 0.6) is 0 Å². The van der Waals surface area contributed by atoms with Crippen LogP contribution in [-0.2, 0) is 0 Å². The van der Waals surface area contributed by atoms with E-state index < -0.39 is 0 Å². The van der Waals surface area contributed by atoms with Crippen molar-refractivity contribution in [1.29, 1.82) is 0 Å². The fraction of sp³-hybridized carbons (Fsp3) is 0.0222. The van der Waals surface area contributed by atoms with Gasteiger partial charge in [-0.05, 0) is 76.0 Å². The van der Waals surface area contributed by atoms with E-state index in [4.69, 9.17) is 5.73 Å². The van der Waals surface area contributed by atoms with Gasteiger partial charge in [0.05, 0.1) is 22.1 Å². The molecule has 0 radical (unpaired) electrons. The number of hydrogen-bond donors (Lipinski definition) is 1. The topological polar surface area (TPSA) is 35.9 Å². The van der Waals surface area contributed by atoms with Gasteiger partial charge in [0.15, 0.2) is 0 Å². The summed E-state index contributed by atoms with van der Waals surface area (Å²) >= 11 is 0. The molecule has 7 aromatic carbocycles. The largest absolute Gasteiger partial charge is 0.325 e. The molecular weight excluding hydrogens is 583 g/mol. The maximum Gasteiger partial charge on any atom is 0.0541 e. The van der Waals surface area contributed by atoms with Crippen molar-refractivity contribution in [3.8, 4) is 27.9 Å². The molecule has 9 aromatic rings. The van der Waals surface area contributed by atoms with Crippen LogP contribution in [0.25, 0.3) is 83.8 Å². The Labute approximate surface area is 278 Å². The van der Waals surface area contributed by atoms with E-state index in [9.17, 15) is 0 Å². The third kappa shape index (κ3) is 4.40. The van der Waals surface area contributed by atoms with Gasteiger partial charge in [-0.1, -0.05) is 122 Å². The van der Waals surface area contributed by atoms with Crippen LogP contribution in [-0.4, -0.2) is 15.7 Å². The van der Waals surface area contributed by atoms with Crippen LogP contribution in [0.2, 0.25) is 0 Å². The van der Waals surface area contributed by atoms with Gasteiger partial charge in [-0.2, -0.15) is 0 Å². The predicted molar refractivity (Wildman–Crippen MR) is 204 cm³/mol. The average molecular weight is 616 g/mol. The molecule has 0 saturated heterocycles. The Morgan fingerprint density at radius 1 is 0.458 bits per heavy atom. The van der Waals surface area contributed by atoms with Crippen LogP contribution in [0, 0.1) is 0 Å². The van der Waals surface area contributed by atoms with Crippen LogP contribution in [0.15, 0.2) is 164 Å². The molecule has 0 atom stereocenters. The summed E-state index contributed by atoms with van der Waals surface area (Å²) in [6.45, 7) is 4.70. The Bertz CT molecular complexity index is 2770. The van der Waals surface area contributed by atoms with Crippen LogP contribution >= 0.6 is 0 Å². The molecule has 0 unspecified atom stereocenters. The minimum Gasteiger partial charge on any atom is -0.325 e. The fourth-order valence-corrected chi connectivity index (χ4v) is 7.43. The zero-order chi connectivity index (χ0) is 32.2. The molecule has 3 nitrogen and oxygen atoms in total. The number of rotatable bonds is 5. The molecule has 0 aliphatic rings. The van der Waals surface area contributed by atoms with Gasteiger partial charge < -0.3 is 14.9 Å². The maximum absolute atomic E-state index is 6.43. The highest BCUT2D eigenvalue weighted by molar-refractivity contribution is 6.12. The number of benzene rings is 7. The standard InChI is InChI=1S/C45H33N3/c1-30-11-5-6-14-36(30)45(29-46)48-42-18-10-8-16-38(42)40-28-34(24-26-44(40)48)32-21-19-31(20-22-32)33-23-25-43-39(27-33)37-15-7-9-17-41(37)47(43)35-12-3-2-4-13-35/h2-28H,1,29,46H2/b45-36+. The molecule has 0 aliphatic carbocycles. The third-order valence-corrected chi connectivity index (χ3v) is 9.70. The number of aromatic nitrogens is 2. The van der Waals surface area contributed by atoms with E-state index in [1.807, 2.05) is 12.1 Å². The van der Waals surface area contributed by atoms with E-state index in [1.165, 1.54) is 60.5 Å². The Hall–Kier alpha value is -6.16. The van der Waals surface area contributed by atoms with Crippen molar-refractivity contribution in [2.75, 3.05) is 6.54 Å². The molecule has 0 aliphatic heterocycles. The number of hydrogen-bond acceptors (Lipinski definition) is 1. The first-order chi connectivity index (χ1) is 23.7. The predicted octanol–water partition coefficient (Wildman–Crippen LogP) is 9.25. The lowest BCUT2D eigenvalue weighted by Gasteiger charge is -2.12. The van der Waals surface area contributed by atoms with Gasteiger partial charge in [-0.3, -0.25) is 0 Å². The molecule has 0 bridgehead atoms. The Morgan fingerprint density at radius 2 is 0.938 bits per heavy atom. The van der Waals surface area contributed by atoms with Crippen molar-refractivity contribution in [2.45, 2.75) is 0 Å². The molecule has 2 N–H and O–H groups in total. The minimum atomic E-state index is 0.405. The van der Waals surface area contributed by atoms with E-state index in [1.54, 1.807) is 0 Å². The first-order valence-electron chi connectivity index (χ1n) is 16.4. The lowest BCUT2D eigenvalue weighted by atomic mass is 9.98. The molecule has 0 amide bonds. The zero-order valence-electron chi connectivity index (χ0n) is 26.5. The number of para-hydroxylation sites is 3. The van der Waals surface area contributed by atoms with Gasteiger partial charge in [0, 0.05) is 44.7 Å². The summed E-state index contributed by atoms with van der Waals surface area (Å²) in [5.74, 6) is 0. The summed E-state index contributed by atoms with van der Waals surface area (Å²) in [6.07, 6.45) is 0. The SMILES string of the molecule is C=c1cccc/c1=C(/CN)n1c2ccccc2c2cc(-c3ccc(-c4ccc5c(c4)c4ccccc4n5-c4ccccc4)cc3)ccc21. The minimum absolute atomic E-state index is 0.405. The normalized spacial score (nSPS) is 12.4. The zero-order valence-corrected chi connectivity index (χ0v) is 26.5. The van der Waals surface area contributed by atoms with E-state index >= 15 is 0 Å². The highest BCUT2D eigenvalue weighted by Crippen LogP contribution is 2.37. The number of nitrogens with two attached hydrogens (primary N) is 1. The van der Waals surface area contributed by atoms with Crippen molar-refractivity contribution < 1.29 is 0 Å². The quantitative estimate of drug-likeness (QED) is 0.206. The lowest BCUT2D eigenvalue weighted by Crippen LogP contribution is -2.30. The summed E-state index contributed by atoms with van der Waals surface area (Å²) in [6, 6.07) is 58.7. The summed E-state index contributed by atoms with van der Waals surface area (Å²) < 4.78 is 4.67. The molecule has 2 aromatic heterocycles. The van der Waals surface area contributed by atoms with Crippen LogP contribution in [0.1, 0.15) is 0 Å². The second-order valence-electron chi connectivity index (χ2n) is 12.4. The molecule has 0 saturated carbocycles. The van der Waals surface area contributed by atoms with Crippen LogP contribution < -0.4 is 16.2 Å². The Balaban J connectivity index is 1.14.